The van der Waals surface area contributed by atoms with Gasteiger partial charge in [0.1, 0.15) is 0 Å². The first-order chi connectivity index (χ1) is 8.67. The van der Waals surface area contributed by atoms with Crippen molar-refractivity contribution in [2.45, 2.75) is 32.7 Å². The van der Waals surface area contributed by atoms with Crippen LogP contribution in [-0.2, 0) is 13.0 Å². The maximum Gasteiger partial charge on any atom is 0.407 e. The molecule has 0 saturated carbocycles. The summed E-state index contributed by atoms with van der Waals surface area (Å²) in [5, 5.41) is 17.8. The van der Waals surface area contributed by atoms with Gasteiger partial charge in [0.2, 0.25) is 0 Å². The number of benzene rings is 1. The Morgan fingerprint density at radius 2 is 2.00 bits per heavy atom. The van der Waals surface area contributed by atoms with Gasteiger partial charge in [0.05, 0.1) is 0 Å². The third-order valence-electron chi connectivity index (χ3n) is 2.88. The largest absolute Gasteiger partial charge is 0.465 e. The first kappa shape index (κ1) is 14.5. The van der Waals surface area contributed by atoms with E-state index in [4.69, 9.17) is 10.2 Å². The molecule has 1 aromatic rings. The lowest BCUT2D eigenvalue weighted by Gasteiger charge is -2.19. The number of carboxylic acid groups (broad SMARTS) is 1. The van der Waals surface area contributed by atoms with E-state index >= 15 is 0 Å². The lowest BCUT2D eigenvalue weighted by atomic mass is 10.1. The third-order valence-corrected chi connectivity index (χ3v) is 2.88. The highest BCUT2D eigenvalue weighted by Crippen LogP contribution is 2.10. The molecule has 18 heavy (non-hydrogen) atoms. The SMILES string of the molecule is CCc1cccc(CN(CCCCO)C(=O)O)c1. The number of aryl methyl sites for hydroxylation is 1. The summed E-state index contributed by atoms with van der Waals surface area (Å²) in [5.41, 5.74) is 2.23. The number of nitrogens with zero attached hydrogens (tertiary/aromatic N) is 1. The molecule has 0 heterocycles. The molecule has 0 aliphatic rings. The molecule has 0 aromatic heterocycles. The zero-order valence-electron chi connectivity index (χ0n) is 10.8. The molecule has 0 unspecified atom stereocenters. The summed E-state index contributed by atoms with van der Waals surface area (Å²) in [4.78, 5) is 12.5. The Labute approximate surface area is 108 Å². The molecule has 2 N–H and O–H groups in total. The van der Waals surface area contributed by atoms with E-state index in [0.717, 1.165) is 12.0 Å². The number of hydrogen-bond donors (Lipinski definition) is 2. The fraction of sp³-hybridized carbons (Fsp3) is 0.500. The number of aliphatic hydroxyl groups excluding tert-OH is 1. The monoisotopic (exact) mass is 251 g/mol. The molecule has 100 valence electrons. The summed E-state index contributed by atoms with van der Waals surface area (Å²) in [6.07, 6.45) is 1.37. The molecule has 4 nitrogen and oxygen atoms in total. The molecule has 0 aliphatic carbocycles. The standard InChI is InChI=1S/C14H21NO3/c1-2-12-6-5-7-13(10-12)11-15(14(17)18)8-3-4-9-16/h5-7,10,16H,2-4,8-9,11H2,1H3,(H,17,18). The van der Waals surface area contributed by atoms with Gasteiger partial charge in [-0.2, -0.15) is 0 Å². The Hall–Kier alpha value is -1.55. The predicted octanol–water partition coefficient (Wildman–Crippen LogP) is 2.50. The van der Waals surface area contributed by atoms with Crippen molar-refractivity contribution in [3.05, 3.63) is 35.4 Å². The second-order valence-electron chi connectivity index (χ2n) is 4.31. The Morgan fingerprint density at radius 3 is 2.61 bits per heavy atom. The van der Waals surface area contributed by atoms with Crippen LogP contribution in [0.25, 0.3) is 0 Å². The number of carbonyl (C=O) groups is 1. The normalized spacial score (nSPS) is 10.3. The molecule has 4 heteroatoms. The van der Waals surface area contributed by atoms with E-state index in [1.54, 1.807) is 0 Å². The Balaban J connectivity index is 2.61. The molecular formula is C14H21NO3. The minimum absolute atomic E-state index is 0.110. The van der Waals surface area contributed by atoms with Crippen LogP contribution in [0.1, 0.15) is 30.9 Å². The number of aliphatic hydroxyl groups is 1. The highest BCUT2D eigenvalue weighted by molar-refractivity contribution is 5.65. The number of unbranched alkanes of at least 4 members (excludes halogenated alkanes) is 1. The lowest BCUT2D eigenvalue weighted by molar-refractivity contribution is 0.140. The molecule has 0 aliphatic heterocycles. The molecule has 0 fully saturated rings. The van der Waals surface area contributed by atoms with Crippen molar-refractivity contribution in [1.29, 1.82) is 0 Å². The van der Waals surface area contributed by atoms with Crippen LogP contribution >= 0.6 is 0 Å². The van der Waals surface area contributed by atoms with Crippen LogP contribution in [0, 0.1) is 0 Å². The van der Waals surface area contributed by atoms with Gasteiger partial charge in [0.15, 0.2) is 0 Å². The zero-order chi connectivity index (χ0) is 13.4. The van der Waals surface area contributed by atoms with Crippen LogP contribution in [-0.4, -0.2) is 34.4 Å². The molecule has 1 aromatic carbocycles. The van der Waals surface area contributed by atoms with Crippen LogP contribution in [0.5, 0.6) is 0 Å². The summed E-state index contributed by atoms with van der Waals surface area (Å²) in [6, 6.07) is 7.99. The van der Waals surface area contributed by atoms with E-state index < -0.39 is 6.09 Å². The molecule has 0 radical (unpaired) electrons. The van der Waals surface area contributed by atoms with Gasteiger partial charge < -0.3 is 15.1 Å². The average molecular weight is 251 g/mol. The van der Waals surface area contributed by atoms with Crippen LogP contribution in [0.3, 0.4) is 0 Å². The second-order valence-corrected chi connectivity index (χ2v) is 4.31. The Bertz CT molecular complexity index is 379. The van der Waals surface area contributed by atoms with Crippen molar-refractivity contribution < 1.29 is 15.0 Å². The van der Waals surface area contributed by atoms with Gasteiger partial charge in [0, 0.05) is 19.7 Å². The van der Waals surface area contributed by atoms with Gasteiger partial charge in [-0.3, -0.25) is 0 Å². The van der Waals surface area contributed by atoms with Gasteiger partial charge >= 0.3 is 6.09 Å². The Morgan fingerprint density at radius 1 is 1.28 bits per heavy atom. The summed E-state index contributed by atoms with van der Waals surface area (Å²) >= 11 is 0. The van der Waals surface area contributed by atoms with Crippen LogP contribution in [0.2, 0.25) is 0 Å². The van der Waals surface area contributed by atoms with Gasteiger partial charge in [-0.25, -0.2) is 4.79 Å². The van der Waals surface area contributed by atoms with E-state index in [0.29, 0.717) is 25.9 Å². The molecule has 1 rings (SSSR count). The van der Waals surface area contributed by atoms with Crippen molar-refractivity contribution in [2.75, 3.05) is 13.2 Å². The highest BCUT2D eigenvalue weighted by atomic mass is 16.4. The average Bonchev–Trinajstić information content (AvgIpc) is 2.38. The highest BCUT2D eigenvalue weighted by Gasteiger charge is 2.11. The predicted molar refractivity (Wildman–Crippen MR) is 70.6 cm³/mol. The Kier molecular flexibility index (Phi) is 6.22. The van der Waals surface area contributed by atoms with Crippen molar-refractivity contribution in [3.8, 4) is 0 Å². The maximum atomic E-state index is 11.1. The lowest BCUT2D eigenvalue weighted by Crippen LogP contribution is -2.30. The van der Waals surface area contributed by atoms with Gasteiger partial charge in [-0.1, -0.05) is 31.2 Å². The van der Waals surface area contributed by atoms with Gasteiger partial charge in [-0.05, 0) is 30.4 Å². The van der Waals surface area contributed by atoms with Crippen LogP contribution < -0.4 is 0 Å². The van der Waals surface area contributed by atoms with Crippen molar-refractivity contribution in [2.24, 2.45) is 0 Å². The summed E-state index contributed by atoms with van der Waals surface area (Å²) in [5.74, 6) is 0. The van der Waals surface area contributed by atoms with Crippen molar-refractivity contribution in [1.82, 2.24) is 4.90 Å². The van der Waals surface area contributed by atoms with E-state index in [1.165, 1.54) is 10.5 Å². The minimum atomic E-state index is -0.908. The number of amides is 1. The molecule has 0 spiro atoms. The molecule has 1 amide bonds. The fourth-order valence-corrected chi connectivity index (χ4v) is 1.83. The van der Waals surface area contributed by atoms with Crippen molar-refractivity contribution >= 4 is 6.09 Å². The number of rotatable bonds is 7. The molecule has 0 atom stereocenters. The zero-order valence-corrected chi connectivity index (χ0v) is 10.8. The fourth-order valence-electron chi connectivity index (χ4n) is 1.83. The summed E-state index contributed by atoms with van der Waals surface area (Å²) < 4.78 is 0. The topological polar surface area (TPSA) is 60.8 Å². The minimum Gasteiger partial charge on any atom is -0.465 e. The van der Waals surface area contributed by atoms with E-state index in [9.17, 15) is 4.79 Å². The first-order valence-electron chi connectivity index (χ1n) is 6.34. The third kappa shape index (κ3) is 4.75. The first-order valence-corrected chi connectivity index (χ1v) is 6.34. The maximum absolute atomic E-state index is 11.1. The van der Waals surface area contributed by atoms with Crippen LogP contribution in [0.4, 0.5) is 4.79 Å². The van der Waals surface area contributed by atoms with E-state index in [-0.39, 0.29) is 6.61 Å². The molecule has 0 bridgehead atoms. The summed E-state index contributed by atoms with van der Waals surface area (Å²) in [6.45, 7) is 3.06. The van der Waals surface area contributed by atoms with Gasteiger partial charge in [0.25, 0.3) is 0 Å². The molecular weight excluding hydrogens is 230 g/mol. The quantitative estimate of drug-likeness (QED) is 0.732. The molecule has 0 saturated heterocycles. The van der Waals surface area contributed by atoms with Gasteiger partial charge in [-0.15, -0.1) is 0 Å². The summed E-state index contributed by atoms with van der Waals surface area (Å²) in [7, 11) is 0. The second kappa shape index (κ2) is 7.71. The smallest absolute Gasteiger partial charge is 0.407 e. The van der Waals surface area contributed by atoms with Crippen molar-refractivity contribution in [3.63, 3.8) is 0 Å². The van der Waals surface area contributed by atoms with E-state index in [2.05, 4.69) is 6.92 Å². The van der Waals surface area contributed by atoms with Crippen LogP contribution in [0.15, 0.2) is 24.3 Å². The number of hydrogen-bond acceptors (Lipinski definition) is 2. The van der Waals surface area contributed by atoms with E-state index in [1.807, 2.05) is 24.3 Å².